The topological polar surface area (TPSA) is 73.3 Å². The van der Waals surface area contributed by atoms with Crippen LogP contribution < -0.4 is 14.8 Å². The van der Waals surface area contributed by atoms with Gasteiger partial charge >= 0.3 is 0 Å². The first-order valence-corrected chi connectivity index (χ1v) is 10.5. The molecule has 0 aliphatic heterocycles. The van der Waals surface area contributed by atoms with Gasteiger partial charge in [0, 0.05) is 5.56 Å². The molecule has 0 unspecified atom stereocenters. The maximum atomic E-state index is 12.8. The van der Waals surface area contributed by atoms with Gasteiger partial charge in [-0.3, -0.25) is 10.1 Å². The lowest BCUT2D eigenvalue weighted by Gasteiger charge is -2.08. The molecule has 29 heavy (non-hydrogen) atoms. The number of nitrogens with zero attached hydrogens (tertiary/aromatic N) is 2. The molecule has 148 valence electrons. The van der Waals surface area contributed by atoms with E-state index in [2.05, 4.69) is 21.4 Å². The lowest BCUT2D eigenvalue weighted by molar-refractivity contribution is 0.103. The van der Waals surface area contributed by atoms with E-state index in [1.165, 1.54) is 22.7 Å². The molecule has 1 N–H and O–H groups in total. The number of rotatable bonds is 5. The number of fused-ring (bicyclic) bond motifs is 1. The van der Waals surface area contributed by atoms with Gasteiger partial charge in [0.25, 0.3) is 5.91 Å². The van der Waals surface area contributed by atoms with E-state index in [1.807, 2.05) is 44.2 Å². The Morgan fingerprint density at radius 3 is 2.52 bits per heavy atom. The fourth-order valence-corrected chi connectivity index (χ4v) is 4.86. The summed E-state index contributed by atoms with van der Waals surface area (Å²) in [7, 11) is 3.18. The molecule has 8 heteroatoms. The summed E-state index contributed by atoms with van der Waals surface area (Å²) < 4.78 is 11.7. The fraction of sp³-hybridized carbons (Fsp3) is 0.190. The molecule has 4 rings (SSSR count). The molecule has 2 aromatic carbocycles. The summed E-state index contributed by atoms with van der Waals surface area (Å²) in [5.41, 5.74) is 3.58. The van der Waals surface area contributed by atoms with Crippen LogP contribution in [0.3, 0.4) is 0 Å². The molecule has 0 aliphatic rings. The molecule has 2 heterocycles. The van der Waals surface area contributed by atoms with Crippen molar-refractivity contribution in [3.63, 3.8) is 0 Å². The Labute approximate surface area is 176 Å². The summed E-state index contributed by atoms with van der Waals surface area (Å²) in [6, 6.07) is 11.6. The minimum Gasteiger partial charge on any atom is -0.493 e. The number of aromatic nitrogens is 2. The highest BCUT2D eigenvalue weighted by molar-refractivity contribution is 7.22. The molecule has 0 radical (unpaired) electrons. The van der Waals surface area contributed by atoms with E-state index in [9.17, 15) is 4.79 Å². The number of anilines is 1. The van der Waals surface area contributed by atoms with E-state index in [0.29, 0.717) is 27.2 Å². The second kappa shape index (κ2) is 7.81. The molecule has 4 aromatic rings. The third kappa shape index (κ3) is 3.81. The molecule has 0 aliphatic carbocycles. The van der Waals surface area contributed by atoms with Crippen LogP contribution in [0.5, 0.6) is 11.5 Å². The highest BCUT2D eigenvalue weighted by Crippen LogP contribution is 2.35. The van der Waals surface area contributed by atoms with E-state index >= 15 is 0 Å². The zero-order valence-electron chi connectivity index (χ0n) is 16.4. The van der Waals surface area contributed by atoms with Crippen LogP contribution in [-0.2, 0) is 0 Å². The number of hydrogen-bond acceptors (Lipinski definition) is 7. The molecule has 2 aromatic heterocycles. The van der Waals surface area contributed by atoms with Gasteiger partial charge < -0.3 is 9.47 Å². The summed E-state index contributed by atoms with van der Waals surface area (Å²) in [6.45, 7) is 3.87. The summed E-state index contributed by atoms with van der Waals surface area (Å²) in [6.07, 6.45) is 0. The standard InChI is InChI=1S/C21H19N3O3S2/c1-11-5-7-14-17(9-11)28-21(23-14)24-19(25)18-12(2)22-20(29-18)13-6-8-15(26-3)16(10-13)27-4/h5-10H,1-4H3,(H,23,24,25). The van der Waals surface area contributed by atoms with Crippen LogP contribution in [0.4, 0.5) is 5.13 Å². The predicted octanol–water partition coefficient (Wildman–Crippen LogP) is 5.31. The Kier molecular flexibility index (Phi) is 5.21. The number of amides is 1. The molecular weight excluding hydrogens is 406 g/mol. The molecule has 1 amide bonds. The fourth-order valence-electron chi connectivity index (χ4n) is 2.94. The van der Waals surface area contributed by atoms with Crippen molar-refractivity contribution < 1.29 is 14.3 Å². The van der Waals surface area contributed by atoms with Crippen LogP contribution in [0, 0.1) is 13.8 Å². The van der Waals surface area contributed by atoms with Gasteiger partial charge in [0.05, 0.1) is 30.1 Å². The number of nitrogens with one attached hydrogen (secondary N) is 1. The zero-order valence-corrected chi connectivity index (χ0v) is 18.0. The second-order valence-corrected chi connectivity index (χ2v) is 8.48. The Morgan fingerprint density at radius 2 is 1.76 bits per heavy atom. The smallest absolute Gasteiger partial charge is 0.269 e. The van der Waals surface area contributed by atoms with Crippen LogP contribution >= 0.6 is 22.7 Å². The minimum absolute atomic E-state index is 0.206. The van der Waals surface area contributed by atoms with Crippen LogP contribution in [0.25, 0.3) is 20.8 Å². The third-order valence-corrected chi connectivity index (χ3v) is 6.54. The van der Waals surface area contributed by atoms with Gasteiger partial charge in [-0.2, -0.15) is 0 Å². The van der Waals surface area contributed by atoms with Gasteiger partial charge in [-0.15, -0.1) is 11.3 Å². The number of thiazole rings is 2. The van der Waals surface area contributed by atoms with Gasteiger partial charge in [-0.1, -0.05) is 17.4 Å². The predicted molar refractivity (Wildman–Crippen MR) is 118 cm³/mol. The molecule has 0 fully saturated rings. The van der Waals surface area contributed by atoms with Crippen molar-refractivity contribution in [1.29, 1.82) is 0 Å². The van der Waals surface area contributed by atoms with Gasteiger partial charge in [0.1, 0.15) is 9.88 Å². The van der Waals surface area contributed by atoms with Gasteiger partial charge in [-0.25, -0.2) is 9.97 Å². The second-order valence-electron chi connectivity index (χ2n) is 6.45. The molecule has 0 atom stereocenters. The number of aryl methyl sites for hydroxylation is 2. The first-order chi connectivity index (χ1) is 14.0. The average Bonchev–Trinajstić information content (AvgIpc) is 3.29. The SMILES string of the molecule is COc1ccc(-c2nc(C)c(C(=O)Nc3nc4ccc(C)cc4s3)s2)cc1OC. The Balaban J connectivity index is 1.60. The van der Waals surface area contributed by atoms with Crippen molar-refractivity contribution in [2.24, 2.45) is 0 Å². The van der Waals surface area contributed by atoms with Gasteiger partial charge in [0.15, 0.2) is 16.6 Å². The van der Waals surface area contributed by atoms with Crippen LogP contribution in [0.15, 0.2) is 36.4 Å². The summed E-state index contributed by atoms with van der Waals surface area (Å²) in [4.78, 5) is 22.5. The molecule has 6 nitrogen and oxygen atoms in total. The van der Waals surface area contributed by atoms with Crippen LogP contribution in [0.1, 0.15) is 20.9 Å². The van der Waals surface area contributed by atoms with E-state index in [1.54, 1.807) is 14.2 Å². The first-order valence-electron chi connectivity index (χ1n) is 8.87. The van der Waals surface area contributed by atoms with Crippen molar-refractivity contribution in [2.45, 2.75) is 13.8 Å². The lowest BCUT2D eigenvalue weighted by Crippen LogP contribution is -2.11. The van der Waals surface area contributed by atoms with E-state index in [4.69, 9.17) is 9.47 Å². The van der Waals surface area contributed by atoms with Gasteiger partial charge in [0.2, 0.25) is 0 Å². The Morgan fingerprint density at radius 1 is 0.966 bits per heavy atom. The maximum absolute atomic E-state index is 12.8. The van der Waals surface area contributed by atoms with E-state index in [0.717, 1.165) is 26.4 Å². The average molecular weight is 426 g/mol. The number of benzene rings is 2. The van der Waals surface area contributed by atoms with Crippen molar-refractivity contribution in [1.82, 2.24) is 9.97 Å². The zero-order chi connectivity index (χ0) is 20.5. The normalized spacial score (nSPS) is 10.9. The Hall–Kier alpha value is -2.97. The number of hydrogen-bond donors (Lipinski definition) is 1. The Bertz CT molecular complexity index is 1210. The molecular formula is C21H19N3O3S2. The summed E-state index contributed by atoms with van der Waals surface area (Å²) in [5.74, 6) is 1.06. The van der Waals surface area contributed by atoms with E-state index in [-0.39, 0.29) is 5.91 Å². The van der Waals surface area contributed by atoms with E-state index < -0.39 is 0 Å². The summed E-state index contributed by atoms with van der Waals surface area (Å²) in [5, 5.41) is 4.23. The molecule has 0 bridgehead atoms. The van der Waals surface area contributed by atoms with Crippen molar-refractivity contribution >= 4 is 43.9 Å². The number of ether oxygens (including phenoxy) is 2. The van der Waals surface area contributed by atoms with Crippen LogP contribution in [-0.4, -0.2) is 30.1 Å². The minimum atomic E-state index is -0.206. The quantitative estimate of drug-likeness (QED) is 0.469. The highest BCUT2D eigenvalue weighted by atomic mass is 32.1. The number of carbonyl (C=O) groups excluding carboxylic acids is 1. The highest BCUT2D eigenvalue weighted by Gasteiger charge is 2.19. The van der Waals surface area contributed by atoms with Gasteiger partial charge in [-0.05, 0) is 49.7 Å². The summed E-state index contributed by atoms with van der Waals surface area (Å²) >= 11 is 2.80. The lowest BCUT2D eigenvalue weighted by atomic mass is 10.2. The van der Waals surface area contributed by atoms with Crippen LogP contribution in [0.2, 0.25) is 0 Å². The monoisotopic (exact) mass is 425 g/mol. The van der Waals surface area contributed by atoms with Crippen molar-refractivity contribution in [3.8, 4) is 22.1 Å². The third-order valence-electron chi connectivity index (χ3n) is 4.40. The maximum Gasteiger partial charge on any atom is 0.269 e. The number of carbonyl (C=O) groups is 1. The largest absolute Gasteiger partial charge is 0.493 e. The molecule has 0 saturated carbocycles. The van der Waals surface area contributed by atoms with Crippen molar-refractivity contribution in [3.05, 3.63) is 52.5 Å². The molecule has 0 spiro atoms. The van der Waals surface area contributed by atoms with Crippen molar-refractivity contribution in [2.75, 3.05) is 19.5 Å². The molecule has 0 saturated heterocycles. The number of methoxy groups -OCH3 is 2. The first kappa shape index (κ1) is 19.4.